The van der Waals surface area contributed by atoms with Crippen molar-refractivity contribution in [1.82, 2.24) is 16.0 Å². The Bertz CT molecular complexity index is 1730. The Labute approximate surface area is 622 Å². The maximum absolute atomic E-state index is 14.4. The Morgan fingerprint density at radius 3 is 0.735 bits per heavy atom. The first-order chi connectivity index (χ1) is 45.7. The number of aliphatic hydroxyl groups is 3. The highest BCUT2D eigenvalue weighted by Gasteiger charge is 2.34. The van der Waals surface area contributed by atoms with Crippen LogP contribution in [0.25, 0.3) is 0 Å². The second-order valence-electron chi connectivity index (χ2n) is 29.9. The number of amides is 3. The number of halogens is 3. The first-order valence-corrected chi connectivity index (χ1v) is 40.9. The summed E-state index contributed by atoms with van der Waals surface area (Å²) >= 11 is 0. The molecule has 16 nitrogen and oxygen atoms in total. The number of carbonyl (C=O) groups excluding carboxylic acids is 3. The van der Waals surface area contributed by atoms with Gasteiger partial charge in [-0.25, -0.2) is 4.57 Å². The van der Waals surface area contributed by atoms with Gasteiger partial charge < -0.3 is 81.9 Å². The number of rotatable bonds is 72. The summed E-state index contributed by atoms with van der Waals surface area (Å²) in [6.45, 7) is 10.1. The van der Waals surface area contributed by atoms with Gasteiger partial charge in [0, 0.05) is 58.2 Å². The van der Waals surface area contributed by atoms with E-state index in [4.69, 9.17) is 13.6 Å². The molecule has 0 aliphatic carbocycles. The minimum Gasteiger partial charge on any atom is -1.00 e. The molecule has 0 aliphatic rings. The molecule has 0 fully saturated rings. The van der Waals surface area contributed by atoms with Gasteiger partial charge in [0.05, 0.1) is 81.7 Å². The zero-order valence-electron chi connectivity index (χ0n) is 64.6. The lowest BCUT2D eigenvalue weighted by molar-refractivity contribution is -0.893. The number of aliphatic hydroxyl groups excluding tert-OH is 3. The first-order valence-electron chi connectivity index (χ1n) is 39.5. The van der Waals surface area contributed by atoms with Gasteiger partial charge in [-0.05, 0) is 96.3 Å². The van der Waals surface area contributed by atoms with Crippen molar-refractivity contribution < 1.29 is 98.5 Å². The summed E-state index contributed by atoms with van der Waals surface area (Å²) in [5, 5.41) is 43.0. The van der Waals surface area contributed by atoms with Crippen molar-refractivity contribution in [2.75, 3.05) is 121 Å². The maximum atomic E-state index is 14.4. The Kier molecular flexibility index (Phi) is 74.4. The van der Waals surface area contributed by atoms with E-state index in [0.29, 0.717) is 91.2 Å². The van der Waals surface area contributed by atoms with Crippen molar-refractivity contribution in [3.05, 3.63) is 36.5 Å². The molecule has 20 heteroatoms. The van der Waals surface area contributed by atoms with Crippen LogP contribution >= 0.6 is 7.82 Å². The van der Waals surface area contributed by atoms with Gasteiger partial charge >= 0.3 is 7.82 Å². The van der Waals surface area contributed by atoms with E-state index < -0.39 is 26.1 Å². The minimum atomic E-state index is -4.42. The largest absolute Gasteiger partial charge is 1.00 e. The molecule has 3 unspecified atom stereocenters. The Hall–Kier alpha value is -1.63. The third-order valence-corrected chi connectivity index (χ3v) is 19.6. The van der Waals surface area contributed by atoms with Crippen molar-refractivity contribution in [3.63, 3.8) is 0 Å². The lowest BCUT2D eigenvalue weighted by atomic mass is 10.1. The topological polar surface area (TPSA) is 193 Å². The van der Waals surface area contributed by atoms with Crippen molar-refractivity contribution in [2.24, 2.45) is 0 Å². The van der Waals surface area contributed by atoms with Crippen LogP contribution in [-0.2, 0) is 32.5 Å². The van der Waals surface area contributed by atoms with Crippen molar-refractivity contribution >= 4 is 25.5 Å². The number of phosphoric acid groups is 1. The predicted molar refractivity (Wildman–Crippen MR) is 400 cm³/mol. The smallest absolute Gasteiger partial charge is 0.475 e. The standard InChI is InChI=1S/C78H153N6O10P.3ClH/c1-10-13-16-19-22-25-28-31-34-37-40-43-46-49-52-58-76(88)79-61-55-64-82(4,5)67-73(85)70-92-95(91,93-71-74(86)68-83(6,7)65-56-62-80-77(89)59-53-50-47-44-41-38-35-32-29-26-23-20-17-14-11-2)94-72-75(87)69-84(8,9)66-57-63-81-78(90)60-54-51-48-45-42-39-36-33-30-27-24-21-18-15-12-3;;;/h31-36,73-75,85-87H,10-30,37-72H2,1-9H3;3*1H/b34-31-,35-32-,36-33-;;;. The van der Waals surface area contributed by atoms with Gasteiger partial charge in [0.25, 0.3) is 0 Å². The number of hydrogen-bond donors (Lipinski definition) is 6. The summed E-state index contributed by atoms with van der Waals surface area (Å²) in [6, 6.07) is 0. The molecule has 0 heterocycles. The molecule has 0 saturated heterocycles. The molecule has 3 amide bonds. The van der Waals surface area contributed by atoms with Crippen molar-refractivity contribution in [1.29, 1.82) is 0 Å². The summed E-state index contributed by atoms with van der Waals surface area (Å²) < 4.78 is 33.0. The van der Waals surface area contributed by atoms with E-state index in [2.05, 4.69) is 73.2 Å². The van der Waals surface area contributed by atoms with Crippen molar-refractivity contribution in [2.45, 2.75) is 328 Å². The summed E-state index contributed by atoms with van der Waals surface area (Å²) in [7, 11) is 7.48. The lowest BCUT2D eigenvalue weighted by Gasteiger charge is -2.33. The Morgan fingerprint density at radius 1 is 0.327 bits per heavy atom. The Balaban J connectivity index is -0.0000147. The maximum Gasteiger partial charge on any atom is 0.475 e. The average Bonchev–Trinajstić information content (AvgIpc) is 0.929. The molecule has 0 aromatic heterocycles. The highest BCUT2D eigenvalue weighted by atomic mass is 35.5. The molecule has 0 aromatic carbocycles. The van der Waals surface area contributed by atoms with Gasteiger partial charge in [-0.2, -0.15) is 0 Å². The molecule has 0 saturated carbocycles. The van der Waals surface area contributed by atoms with E-state index in [-0.39, 0.29) is 94.4 Å². The molecule has 584 valence electrons. The van der Waals surface area contributed by atoms with Gasteiger partial charge in [0.2, 0.25) is 17.7 Å². The van der Waals surface area contributed by atoms with Crippen LogP contribution in [0.3, 0.4) is 0 Å². The number of phosphoric ester groups is 1. The minimum absolute atomic E-state index is 0. The van der Waals surface area contributed by atoms with E-state index in [9.17, 15) is 34.3 Å². The third kappa shape index (κ3) is 72.7. The van der Waals surface area contributed by atoms with Crippen LogP contribution in [0, 0.1) is 0 Å². The summed E-state index contributed by atoms with van der Waals surface area (Å²) in [5.74, 6) is 0.200. The monoisotopic (exact) mass is 1470 g/mol. The third-order valence-electron chi connectivity index (χ3n) is 18.2. The molecule has 0 aliphatic heterocycles. The van der Waals surface area contributed by atoms with Gasteiger partial charge in [-0.15, -0.1) is 0 Å². The van der Waals surface area contributed by atoms with Crippen LogP contribution < -0.4 is 53.2 Å². The van der Waals surface area contributed by atoms with Gasteiger partial charge in [-0.3, -0.25) is 28.0 Å². The fourth-order valence-corrected chi connectivity index (χ4v) is 13.6. The van der Waals surface area contributed by atoms with Gasteiger partial charge in [0.1, 0.15) is 37.9 Å². The molecule has 0 aromatic rings. The zero-order chi connectivity index (χ0) is 70.3. The van der Waals surface area contributed by atoms with E-state index in [1.165, 1.54) is 173 Å². The van der Waals surface area contributed by atoms with Gasteiger partial charge in [0.15, 0.2) is 0 Å². The molecule has 6 N–H and O–H groups in total. The second-order valence-corrected chi connectivity index (χ2v) is 31.6. The van der Waals surface area contributed by atoms with E-state index in [1.807, 2.05) is 42.3 Å². The second kappa shape index (κ2) is 71.0. The Morgan fingerprint density at radius 2 is 0.520 bits per heavy atom. The molecule has 0 radical (unpaired) electrons. The number of quaternary nitrogens is 3. The van der Waals surface area contributed by atoms with Crippen LogP contribution in [0.15, 0.2) is 36.5 Å². The number of nitrogens with zero attached hydrogens (tertiary/aromatic N) is 3. The van der Waals surface area contributed by atoms with Crippen LogP contribution in [0.2, 0.25) is 0 Å². The number of hydrogen-bond acceptors (Lipinski definition) is 10. The first kappa shape index (κ1) is 103. The van der Waals surface area contributed by atoms with E-state index >= 15 is 0 Å². The molecule has 0 spiro atoms. The fourth-order valence-electron chi connectivity index (χ4n) is 12.3. The van der Waals surface area contributed by atoms with Crippen LogP contribution in [0.1, 0.15) is 310 Å². The fraction of sp³-hybridized carbons (Fsp3) is 0.885. The highest BCUT2D eigenvalue weighted by molar-refractivity contribution is 7.48. The van der Waals surface area contributed by atoms with Gasteiger partial charge in [-0.1, -0.05) is 211 Å². The SMILES string of the molecule is CCCCCCCC/C=C\CCCCCCCC(=O)NCCC[N+](C)(C)CC(O)COP(=O)(OCC(O)C[N+](C)(C)CCCNC(=O)CCCCCCC/C=C\CCCCCCCC)OCC(O)C[N+](C)(C)CCCNC(=O)CCCCCCC/C=C\CCCCCCCC.[Cl-].[Cl-].[Cl-]. The molecule has 0 bridgehead atoms. The van der Waals surface area contributed by atoms with Crippen LogP contribution in [0.4, 0.5) is 0 Å². The lowest BCUT2D eigenvalue weighted by Crippen LogP contribution is -3.00. The van der Waals surface area contributed by atoms with E-state index in [0.717, 1.165) is 77.0 Å². The van der Waals surface area contributed by atoms with Crippen molar-refractivity contribution in [3.8, 4) is 0 Å². The summed E-state index contributed by atoms with van der Waals surface area (Å²) in [6.07, 6.45) is 62.2. The predicted octanol–water partition coefficient (Wildman–Crippen LogP) is 8.10. The number of likely N-dealkylation sites (N-methyl/N-ethyl adjacent to an activating group) is 3. The van der Waals surface area contributed by atoms with Crippen LogP contribution in [-0.4, -0.2) is 186 Å². The number of nitrogens with one attached hydrogen (secondary N) is 3. The molecular formula is C78H156Cl3N6O10P. The quantitative estimate of drug-likeness (QED) is 0.0150. The molecule has 0 rings (SSSR count). The number of carbonyl (C=O) groups is 3. The normalized spacial score (nSPS) is 13.7. The van der Waals surface area contributed by atoms with E-state index in [1.54, 1.807) is 0 Å². The summed E-state index contributed by atoms with van der Waals surface area (Å²) in [5.41, 5.74) is 0. The highest BCUT2D eigenvalue weighted by Crippen LogP contribution is 2.50. The molecule has 98 heavy (non-hydrogen) atoms. The molecule has 3 atom stereocenters. The van der Waals surface area contributed by atoms with Crippen LogP contribution in [0.5, 0.6) is 0 Å². The summed E-state index contributed by atoms with van der Waals surface area (Å²) in [4.78, 5) is 37.9. The zero-order valence-corrected chi connectivity index (χ0v) is 67.8. The molecular weight excluding hydrogens is 1320 g/mol. The average molecular weight is 1480 g/mol. The number of allylic oxidation sites excluding steroid dienone is 6. The number of unbranched alkanes of at least 4 members (excludes halogenated alkanes) is 33.